The van der Waals surface area contributed by atoms with Gasteiger partial charge in [0.2, 0.25) is 5.91 Å². The maximum Gasteiger partial charge on any atom is 0.326 e. The molecule has 2 aromatic carbocycles. The van der Waals surface area contributed by atoms with E-state index in [0.29, 0.717) is 35.8 Å². The zero-order chi connectivity index (χ0) is 22.4. The number of ketones is 1. The molecule has 0 spiro atoms. The fraction of sp³-hybridized carbons (Fsp3) is 0.320. The third kappa shape index (κ3) is 3.64. The Balaban J connectivity index is 1.43. The first kappa shape index (κ1) is 20.3. The van der Waals surface area contributed by atoms with Crippen molar-refractivity contribution in [1.29, 1.82) is 0 Å². The number of aromatic nitrogens is 1. The van der Waals surface area contributed by atoms with Crippen molar-refractivity contribution >= 4 is 28.6 Å². The Labute approximate surface area is 185 Å². The number of hydrogen-bond donors (Lipinski definition) is 1. The van der Waals surface area contributed by atoms with E-state index in [0.717, 1.165) is 17.4 Å². The van der Waals surface area contributed by atoms with Crippen molar-refractivity contribution in [1.82, 2.24) is 9.47 Å². The van der Waals surface area contributed by atoms with E-state index in [-0.39, 0.29) is 24.3 Å². The van der Waals surface area contributed by atoms with Gasteiger partial charge in [-0.1, -0.05) is 30.3 Å². The Morgan fingerprint density at radius 1 is 1.09 bits per heavy atom. The molecule has 7 heteroatoms. The van der Waals surface area contributed by atoms with E-state index < -0.39 is 12.0 Å². The highest BCUT2D eigenvalue weighted by molar-refractivity contribution is 6.07. The van der Waals surface area contributed by atoms with Crippen molar-refractivity contribution in [3.63, 3.8) is 0 Å². The molecule has 1 saturated heterocycles. The van der Waals surface area contributed by atoms with Crippen molar-refractivity contribution < 1.29 is 24.2 Å². The number of Topliss-reactive ketones (excluding diaryl/α,β-unsaturated/α-hetero) is 1. The number of benzene rings is 2. The lowest BCUT2D eigenvalue weighted by Gasteiger charge is -2.25. The molecular weight excluding hydrogens is 408 g/mol. The molecule has 1 saturated carbocycles. The number of amides is 1. The fourth-order valence-corrected chi connectivity index (χ4v) is 4.78. The summed E-state index contributed by atoms with van der Waals surface area (Å²) in [5, 5.41) is 10.3. The summed E-state index contributed by atoms with van der Waals surface area (Å²) in [5.41, 5.74) is 2.28. The summed E-state index contributed by atoms with van der Waals surface area (Å²) in [6, 6.07) is 14.6. The number of carboxylic acids is 1. The number of piperidine rings is 1. The van der Waals surface area contributed by atoms with E-state index in [9.17, 15) is 19.5 Å². The summed E-state index contributed by atoms with van der Waals surface area (Å²) in [6.07, 6.45) is 3.08. The van der Waals surface area contributed by atoms with Crippen molar-refractivity contribution in [3.05, 3.63) is 65.9 Å². The summed E-state index contributed by atoms with van der Waals surface area (Å²) in [5.74, 6) is -0.345. The number of nitrogens with zero attached hydrogens (tertiary/aromatic N) is 2. The SMILES string of the molecule is CC(=O)c1cn(CC(=O)N2[C@@H]3C[C@@H]3C[C@H]2C(=O)O)c2cc(OCc3ccccc3)ccc12. The van der Waals surface area contributed by atoms with Gasteiger partial charge in [-0.15, -0.1) is 0 Å². The van der Waals surface area contributed by atoms with Crippen LogP contribution in [0, 0.1) is 5.92 Å². The first-order valence-electron chi connectivity index (χ1n) is 10.8. The minimum Gasteiger partial charge on any atom is -0.489 e. The molecule has 2 aliphatic rings. The molecule has 0 bridgehead atoms. The van der Waals surface area contributed by atoms with E-state index in [1.54, 1.807) is 10.8 Å². The van der Waals surface area contributed by atoms with Gasteiger partial charge < -0.3 is 19.3 Å². The number of carboxylic acid groups (broad SMARTS) is 1. The average Bonchev–Trinajstić information content (AvgIpc) is 3.29. The van der Waals surface area contributed by atoms with E-state index in [1.165, 1.54) is 11.8 Å². The van der Waals surface area contributed by atoms with Gasteiger partial charge in [-0.05, 0) is 43.4 Å². The van der Waals surface area contributed by atoms with E-state index in [2.05, 4.69) is 0 Å². The number of likely N-dealkylation sites (tertiary alicyclic amines) is 1. The largest absolute Gasteiger partial charge is 0.489 e. The zero-order valence-electron chi connectivity index (χ0n) is 17.7. The van der Waals surface area contributed by atoms with Gasteiger partial charge in [0.1, 0.15) is 24.9 Å². The number of carbonyl (C=O) groups excluding carboxylic acids is 2. The Hall–Kier alpha value is -3.61. The summed E-state index contributed by atoms with van der Waals surface area (Å²) < 4.78 is 7.67. The van der Waals surface area contributed by atoms with E-state index in [4.69, 9.17) is 4.74 Å². The molecule has 3 atom stereocenters. The smallest absolute Gasteiger partial charge is 0.326 e. The predicted octanol–water partition coefficient (Wildman–Crippen LogP) is 3.50. The van der Waals surface area contributed by atoms with Crippen LogP contribution < -0.4 is 4.74 Å². The standard InChI is InChI=1S/C25H24N2O5/c1-15(28)20-12-26(13-24(29)27-21-9-17(21)10-23(27)25(30)31)22-11-18(7-8-19(20)22)32-14-16-5-3-2-4-6-16/h2-8,11-12,17,21,23H,9-10,13-14H2,1H3,(H,30,31)/t17-,21-,23+/m1/s1. The lowest BCUT2D eigenvalue weighted by molar-refractivity contribution is -0.149. The predicted molar refractivity (Wildman–Crippen MR) is 117 cm³/mol. The summed E-state index contributed by atoms with van der Waals surface area (Å²) >= 11 is 0. The highest BCUT2D eigenvalue weighted by Gasteiger charge is 2.56. The molecule has 7 nitrogen and oxygen atoms in total. The van der Waals surface area contributed by atoms with Gasteiger partial charge in [-0.3, -0.25) is 9.59 Å². The number of aliphatic carboxylic acids is 1. The van der Waals surface area contributed by atoms with Crippen LogP contribution in [0.1, 0.15) is 35.7 Å². The van der Waals surface area contributed by atoms with Crippen molar-refractivity contribution in [2.24, 2.45) is 5.92 Å². The van der Waals surface area contributed by atoms with Crippen molar-refractivity contribution in [2.45, 2.75) is 45.0 Å². The van der Waals surface area contributed by atoms with Crippen LogP contribution in [-0.2, 0) is 22.7 Å². The number of carbonyl (C=O) groups is 3. The molecule has 1 aliphatic heterocycles. The number of fused-ring (bicyclic) bond motifs is 2. The van der Waals surface area contributed by atoms with Gasteiger partial charge in [0.25, 0.3) is 0 Å². The van der Waals surface area contributed by atoms with Gasteiger partial charge in [-0.2, -0.15) is 0 Å². The number of ether oxygens (including phenoxy) is 1. The van der Waals surface area contributed by atoms with Gasteiger partial charge in [-0.25, -0.2) is 4.79 Å². The second kappa shape index (κ2) is 7.82. The quantitative estimate of drug-likeness (QED) is 0.578. The van der Waals surface area contributed by atoms with Crippen LogP contribution in [0.15, 0.2) is 54.7 Å². The summed E-state index contributed by atoms with van der Waals surface area (Å²) in [6.45, 7) is 1.89. The van der Waals surface area contributed by atoms with Gasteiger partial charge >= 0.3 is 5.97 Å². The molecule has 5 rings (SSSR count). The second-order valence-electron chi connectivity index (χ2n) is 8.63. The molecule has 1 amide bonds. The third-order valence-electron chi connectivity index (χ3n) is 6.46. The topological polar surface area (TPSA) is 88.8 Å². The van der Waals surface area contributed by atoms with Crippen LogP contribution >= 0.6 is 0 Å². The maximum absolute atomic E-state index is 13.1. The molecule has 164 valence electrons. The number of hydrogen-bond acceptors (Lipinski definition) is 4. The molecule has 0 radical (unpaired) electrons. The summed E-state index contributed by atoms with van der Waals surface area (Å²) in [7, 11) is 0. The minimum atomic E-state index is -0.955. The van der Waals surface area contributed by atoms with Gasteiger partial charge in [0.05, 0.1) is 5.52 Å². The molecule has 2 fully saturated rings. The monoisotopic (exact) mass is 432 g/mol. The Kier molecular flexibility index (Phi) is 4.96. The van der Waals surface area contributed by atoms with Crippen LogP contribution in [0.3, 0.4) is 0 Å². The summed E-state index contributed by atoms with van der Waals surface area (Å²) in [4.78, 5) is 38.4. The third-order valence-corrected chi connectivity index (χ3v) is 6.46. The molecule has 2 heterocycles. The van der Waals surface area contributed by atoms with E-state index in [1.807, 2.05) is 48.5 Å². The van der Waals surface area contributed by atoms with Gasteiger partial charge in [0, 0.05) is 29.3 Å². The number of rotatable bonds is 7. The van der Waals surface area contributed by atoms with Crippen LogP contribution in [-0.4, -0.2) is 44.3 Å². The first-order valence-corrected chi connectivity index (χ1v) is 10.8. The highest BCUT2D eigenvalue weighted by Crippen LogP contribution is 2.48. The second-order valence-corrected chi connectivity index (χ2v) is 8.63. The zero-order valence-corrected chi connectivity index (χ0v) is 17.7. The molecule has 0 unspecified atom stereocenters. The molecule has 3 aromatic rings. The van der Waals surface area contributed by atoms with Crippen molar-refractivity contribution in [3.8, 4) is 5.75 Å². The average molecular weight is 432 g/mol. The van der Waals surface area contributed by atoms with Crippen LogP contribution in [0.25, 0.3) is 10.9 Å². The Bertz CT molecular complexity index is 1220. The molecular formula is C25H24N2O5. The lowest BCUT2D eigenvalue weighted by Crippen LogP contribution is -2.44. The maximum atomic E-state index is 13.1. The molecule has 1 N–H and O–H groups in total. The molecule has 1 aromatic heterocycles. The van der Waals surface area contributed by atoms with Crippen LogP contribution in [0.4, 0.5) is 0 Å². The normalized spacial score (nSPS) is 21.4. The first-order chi connectivity index (χ1) is 15.4. The fourth-order valence-electron chi connectivity index (χ4n) is 4.78. The molecule has 32 heavy (non-hydrogen) atoms. The van der Waals surface area contributed by atoms with Gasteiger partial charge in [0.15, 0.2) is 5.78 Å². The lowest BCUT2D eigenvalue weighted by atomic mass is 10.1. The highest BCUT2D eigenvalue weighted by atomic mass is 16.5. The molecule has 1 aliphatic carbocycles. The Morgan fingerprint density at radius 3 is 2.59 bits per heavy atom. The minimum absolute atomic E-state index is 0.0150. The van der Waals surface area contributed by atoms with Crippen LogP contribution in [0.5, 0.6) is 5.75 Å². The Morgan fingerprint density at radius 2 is 1.88 bits per heavy atom. The van der Waals surface area contributed by atoms with E-state index >= 15 is 0 Å². The van der Waals surface area contributed by atoms with Crippen LogP contribution in [0.2, 0.25) is 0 Å². The van der Waals surface area contributed by atoms with Crippen molar-refractivity contribution in [2.75, 3.05) is 0 Å².